The van der Waals surface area contributed by atoms with E-state index in [2.05, 4.69) is 10.6 Å². The number of likely N-dealkylation sites (tertiary alicyclic amines) is 1. The van der Waals surface area contributed by atoms with Crippen molar-refractivity contribution in [2.24, 2.45) is 5.92 Å². The zero-order valence-electron chi connectivity index (χ0n) is 15.6. The third kappa shape index (κ3) is 5.23. The highest BCUT2D eigenvalue weighted by molar-refractivity contribution is 5.89. The zero-order valence-corrected chi connectivity index (χ0v) is 15.6. The van der Waals surface area contributed by atoms with Gasteiger partial charge in [-0.15, -0.1) is 0 Å². The molecule has 0 aliphatic carbocycles. The molecule has 5 nitrogen and oxygen atoms in total. The molecule has 10 heteroatoms. The largest absolute Gasteiger partial charge is 0.416 e. The van der Waals surface area contributed by atoms with Gasteiger partial charge in [0.05, 0.1) is 18.0 Å². The highest BCUT2D eigenvalue weighted by Crippen LogP contribution is 2.30. The normalized spacial score (nSPS) is 24.4. The van der Waals surface area contributed by atoms with Crippen LogP contribution in [0, 0.1) is 5.92 Å². The first-order chi connectivity index (χ1) is 13.6. The standard InChI is InChI=1S/C19H22F5N3O2/c20-18(21)8-13(10-25-11-18)17(29)27-7-1-2-15(27)16(28)26-9-12-3-5-14(6-4-12)19(22,23)24/h3-6,13,15,25H,1-2,7-11H2,(H,26,28)/t13?,15-/m1/s1. The minimum absolute atomic E-state index is 0.0125. The molecule has 2 fully saturated rings. The number of hydrogen-bond donors (Lipinski definition) is 2. The first-order valence-corrected chi connectivity index (χ1v) is 9.40. The van der Waals surface area contributed by atoms with E-state index < -0.39 is 54.4 Å². The smallest absolute Gasteiger partial charge is 0.350 e. The zero-order chi connectivity index (χ0) is 21.2. The summed E-state index contributed by atoms with van der Waals surface area (Å²) in [6.07, 6.45) is -3.98. The van der Waals surface area contributed by atoms with E-state index in [1.165, 1.54) is 17.0 Å². The number of halogens is 5. The van der Waals surface area contributed by atoms with Crippen LogP contribution in [0.25, 0.3) is 0 Å². The van der Waals surface area contributed by atoms with Gasteiger partial charge in [0, 0.05) is 26.1 Å². The molecule has 1 aromatic rings. The Kier molecular flexibility index (Phi) is 6.11. The number of piperidine rings is 1. The van der Waals surface area contributed by atoms with Crippen molar-refractivity contribution in [3.63, 3.8) is 0 Å². The number of nitrogens with one attached hydrogen (secondary N) is 2. The van der Waals surface area contributed by atoms with Crippen LogP contribution in [0.1, 0.15) is 30.4 Å². The molecule has 2 aliphatic heterocycles. The fourth-order valence-electron chi connectivity index (χ4n) is 3.76. The minimum Gasteiger partial charge on any atom is -0.350 e. The molecule has 2 atom stereocenters. The molecule has 29 heavy (non-hydrogen) atoms. The Labute approximate surface area is 164 Å². The van der Waals surface area contributed by atoms with Gasteiger partial charge in [0.15, 0.2) is 0 Å². The third-order valence-corrected chi connectivity index (χ3v) is 5.26. The van der Waals surface area contributed by atoms with Gasteiger partial charge in [-0.05, 0) is 30.5 Å². The van der Waals surface area contributed by atoms with Crippen LogP contribution >= 0.6 is 0 Å². The summed E-state index contributed by atoms with van der Waals surface area (Å²) in [5, 5.41) is 5.18. The van der Waals surface area contributed by atoms with E-state index in [9.17, 15) is 31.5 Å². The summed E-state index contributed by atoms with van der Waals surface area (Å²) in [4.78, 5) is 26.5. The SMILES string of the molecule is O=C(NCc1ccc(C(F)(F)F)cc1)[C@H]1CCCN1C(=O)C1CNCC(F)(F)C1. The maximum Gasteiger partial charge on any atom is 0.416 e. The Balaban J connectivity index is 1.58. The molecule has 0 bridgehead atoms. The fraction of sp³-hybridized carbons (Fsp3) is 0.579. The van der Waals surface area contributed by atoms with Crippen molar-refractivity contribution >= 4 is 11.8 Å². The molecule has 0 saturated carbocycles. The lowest BCUT2D eigenvalue weighted by atomic mass is 9.95. The lowest BCUT2D eigenvalue weighted by molar-refractivity contribution is -0.145. The molecule has 2 amide bonds. The number of carbonyl (C=O) groups excluding carboxylic acids is 2. The van der Waals surface area contributed by atoms with E-state index in [0.717, 1.165) is 12.1 Å². The number of nitrogens with zero attached hydrogens (tertiary/aromatic N) is 1. The number of rotatable bonds is 4. The van der Waals surface area contributed by atoms with Gasteiger partial charge in [-0.3, -0.25) is 9.59 Å². The lowest BCUT2D eigenvalue weighted by Crippen LogP contribution is -2.53. The molecule has 0 spiro atoms. The van der Waals surface area contributed by atoms with E-state index >= 15 is 0 Å². The van der Waals surface area contributed by atoms with Gasteiger partial charge in [-0.1, -0.05) is 12.1 Å². The molecule has 3 rings (SSSR count). The third-order valence-electron chi connectivity index (χ3n) is 5.26. The first-order valence-electron chi connectivity index (χ1n) is 9.40. The lowest BCUT2D eigenvalue weighted by Gasteiger charge is -2.33. The summed E-state index contributed by atoms with van der Waals surface area (Å²) in [7, 11) is 0. The number of benzene rings is 1. The van der Waals surface area contributed by atoms with Crippen LogP contribution in [0.15, 0.2) is 24.3 Å². The van der Waals surface area contributed by atoms with E-state index in [1.807, 2.05) is 0 Å². The Hall–Kier alpha value is -2.23. The molecule has 2 N–H and O–H groups in total. The van der Waals surface area contributed by atoms with Gasteiger partial charge in [0.25, 0.3) is 5.92 Å². The average molecular weight is 419 g/mol. The predicted molar refractivity (Wildman–Crippen MR) is 93.9 cm³/mol. The van der Waals surface area contributed by atoms with Crippen LogP contribution in [-0.4, -0.2) is 48.3 Å². The second-order valence-corrected chi connectivity index (χ2v) is 7.49. The molecule has 2 aliphatic rings. The fourth-order valence-corrected chi connectivity index (χ4v) is 3.76. The highest BCUT2D eigenvalue weighted by atomic mass is 19.4. The van der Waals surface area contributed by atoms with E-state index in [-0.39, 0.29) is 13.1 Å². The van der Waals surface area contributed by atoms with E-state index in [0.29, 0.717) is 24.9 Å². The number of alkyl halides is 5. The first kappa shape index (κ1) is 21.5. The summed E-state index contributed by atoms with van der Waals surface area (Å²) >= 11 is 0. The second kappa shape index (κ2) is 8.25. The maximum absolute atomic E-state index is 13.6. The number of carbonyl (C=O) groups is 2. The Morgan fingerprint density at radius 2 is 1.90 bits per heavy atom. The van der Waals surface area contributed by atoms with Gasteiger partial charge < -0.3 is 15.5 Å². The van der Waals surface area contributed by atoms with Crippen molar-refractivity contribution in [1.82, 2.24) is 15.5 Å². The van der Waals surface area contributed by atoms with E-state index in [4.69, 9.17) is 0 Å². The topological polar surface area (TPSA) is 61.4 Å². The van der Waals surface area contributed by atoms with Crippen molar-refractivity contribution < 1.29 is 31.5 Å². The number of hydrogen-bond acceptors (Lipinski definition) is 3. The molecule has 1 unspecified atom stereocenters. The number of amides is 2. The second-order valence-electron chi connectivity index (χ2n) is 7.49. The van der Waals surface area contributed by atoms with Gasteiger partial charge in [0.1, 0.15) is 6.04 Å². The Morgan fingerprint density at radius 1 is 1.21 bits per heavy atom. The molecule has 160 valence electrons. The maximum atomic E-state index is 13.6. The van der Waals surface area contributed by atoms with Crippen molar-refractivity contribution in [1.29, 1.82) is 0 Å². The van der Waals surface area contributed by atoms with Gasteiger partial charge in [-0.2, -0.15) is 13.2 Å². The Bertz CT molecular complexity index is 751. The Morgan fingerprint density at radius 3 is 2.52 bits per heavy atom. The van der Waals surface area contributed by atoms with Gasteiger partial charge >= 0.3 is 6.18 Å². The molecule has 2 heterocycles. The summed E-state index contributed by atoms with van der Waals surface area (Å²) in [5.41, 5.74) is -0.295. The summed E-state index contributed by atoms with van der Waals surface area (Å²) in [6.45, 7) is 0.0104. The molecule has 2 saturated heterocycles. The van der Waals surface area contributed by atoms with Crippen molar-refractivity contribution in [3.8, 4) is 0 Å². The quantitative estimate of drug-likeness (QED) is 0.738. The monoisotopic (exact) mass is 419 g/mol. The molecular formula is C19H22F5N3O2. The summed E-state index contributed by atoms with van der Waals surface area (Å²) in [5.74, 6) is -4.75. The van der Waals surface area contributed by atoms with Crippen LogP contribution in [0.4, 0.5) is 22.0 Å². The summed E-state index contributed by atoms with van der Waals surface area (Å²) in [6, 6.07) is 3.66. The molecule has 0 aromatic heterocycles. The van der Waals surface area contributed by atoms with Gasteiger partial charge in [0.2, 0.25) is 11.8 Å². The highest BCUT2D eigenvalue weighted by Gasteiger charge is 2.43. The molecular weight excluding hydrogens is 397 g/mol. The van der Waals surface area contributed by atoms with E-state index in [1.54, 1.807) is 0 Å². The van der Waals surface area contributed by atoms with Crippen molar-refractivity contribution in [2.75, 3.05) is 19.6 Å². The summed E-state index contributed by atoms with van der Waals surface area (Å²) < 4.78 is 65.0. The minimum atomic E-state index is -4.43. The van der Waals surface area contributed by atoms with Crippen LogP contribution < -0.4 is 10.6 Å². The van der Waals surface area contributed by atoms with Crippen LogP contribution in [0.5, 0.6) is 0 Å². The average Bonchev–Trinajstić information content (AvgIpc) is 3.14. The predicted octanol–water partition coefficient (Wildman–Crippen LogP) is 2.56. The van der Waals surface area contributed by atoms with Crippen LogP contribution in [-0.2, 0) is 22.3 Å². The van der Waals surface area contributed by atoms with Gasteiger partial charge in [-0.25, -0.2) is 8.78 Å². The van der Waals surface area contributed by atoms with Crippen LogP contribution in [0.3, 0.4) is 0 Å². The molecule has 0 radical (unpaired) electrons. The van der Waals surface area contributed by atoms with Crippen LogP contribution in [0.2, 0.25) is 0 Å². The van der Waals surface area contributed by atoms with Crippen molar-refractivity contribution in [2.45, 2.75) is 43.9 Å². The molecule has 1 aromatic carbocycles. The van der Waals surface area contributed by atoms with Crippen molar-refractivity contribution in [3.05, 3.63) is 35.4 Å².